The fourth-order valence-electron chi connectivity index (χ4n) is 2.06. The van der Waals surface area contributed by atoms with Crippen LogP contribution in [0.15, 0.2) is 59.2 Å². The van der Waals surface area contributed by atoms with Crippen molar-refractivity contribution in [1.82, 2.24) is 4.98 Å². The van der Waals surface area contributed by atoms with Gasteiger partial charge in [-0.15, -0.1) is 0 Å². The van der Waals surface area contributed by atoms with Crippen LogP contribution in [-0.2, 0) is 0 Å². The minimum atomic E-state index is -0.249. The number of anilines is 1. The van der Waals surface area contributed by atoms with E-state index in [1.807, 2.05) is 30.3 Å². The Labute approximate surface area is 135 Å². The number of halogens is 2. The predicted molar refractivity (Wildman–Crippen MR) is 88.8 cm³/mol. The molecule has 0 aliphatic rings. The van der Waals surface area contributed by atoms with Crippen molar-refractivity contribution in [3.05, 3.63) is 69.9 Å². The average Bonchev–Trinajstić information content (AvgIpc) is 2.50. The third-order valence-electron chi connectivity index (χ3n) is 3.07. The molecule has 0 bridgehead atoms. The molecule has 0 spiro atoms. The Morgan fingerprint density at radius 3 is 2.76 bits per heavy atom. The fraction of sp³-hybridized carbons (Fsp3) is 0. The van der Waals surface area contributed by atoms with Crippen LogP contribution in [0.5, 0.6) is 0 Å². The highest BCUT2D eigenvalue weighted by Crippen LogP contribution is 2.26. The van der Waals surface area contributed by atoms with Gasteiger partial charge < -0.3 is 5.32 Å². The van der Waals surface area contributed by atoms with Gasteiger partial charge in [0.05, 0.1) is 5.02 Å². The van der Waals surface area contributed by atoms with Crippen LogP contribution in [0.2, 0.25) is 5.02 Å². The molecule has 5 heteroatoms. The van der Waals surface area contributed by atoms with Gasteiger partial charge >= 0.3 is 0 Å². The molecule has 0 aliphatic carbocycles. The van der Waals surface area contributed by atoms with Crippen molar-refractivity contribution in [2.45, 2.75) is 0 Å². The van der Waals surface area contributed by atoms with Crippen LogP contribution in [0.3, 0.4) is 0 Å². The molecule has 3 nitrogen and oxygen atoms in total. The summed E-state index contributed by atoms with van der Waals surface area (Å²) >= 11 is 9.27. The highest BCUT2D eigenvalue weighted by atomic mass is 79.9. The lowest BCUT2D eigenvalue weighted by atomic mass is 10.1. The maximum atomic E-state index is 12.4. The number of benzene rings is 2. The first kappa shape index (κ1) is 14.0. The summed E-state index contributed by atoms with van der Waals surface area (Å²) in [5, 5.41) is 5.23. The predicted octanol–water partition coefficient (Wildman–Crippen LogP) is 4.90. The Morgan fingerprint density at radius 2 is 1.95 bits per heavy atom. The SMILES string of the molecule is O=C(Nc1ccc(Cl)c(Br)c1)c1nccc2ccccc12. The zero-order chi connectivity index (χ0) is 14.8. The van der Waals surface area contributed by atoms with Crippen molar-refractivity contribution in [3.8, 4) is 0 Å². The fourth-order valence-corrected chi connectivity index (χ4v) is 2.56. The van der Waals surface area contributed by atoms with Crippen LogP contribution < -0.4 is 5.32 Å². The quantitative estimate of drug-likeness (QED) is 0.705. The number of nitrogens with one attached hydrogen (secondary N) is 1. The average molecular weight is 362 g/mol. The molecule has 0 saturated carbocycles. The summed E-state index contributed by atoms with van der Waals surface area (Å²) in [5.74, 6) is -0.249. The van der Waals surface area contributed by atoms with E-state index in [2.05, 4.69) is 26.2 Å². The maximum absolute atomic E-state index is 12.4. The third kappa shape index (κ3) is 2.91. The smallest absolute Gasteiger partial charge is 0.274 e. The molecule has 0 unspecified atom stereocenters. The largest absolute Gasteiger partial charge is 0.321 e. The monoisotopic (exact) mass is 360 g/mol. The number of hydrogen-bond acceptors (Lipinski definition) is 2. The van der Waals surface area contributed by atoms with E-state index >= 15 is 0 Å². The Kier molecular flexibility index (Phi) is 3.90. The van der Waals surface area contributed by atoms with Gasteiger partial charge in [0.25, 0.3) is 5.91 Å². The number of fused-ring (bicyclic) bond motifs is 1. The Balaban J connectivity index is 1.95. The highest BCUT2D eigenvalue weighted by molar-refractivity contribution is 9.10. The van der Waals surface area contributed by atoms with Crippen molar-refractivity contribution >= 4 is 49.9 Å². The Bertz CT molecular complexity index is 830. The zero-order valence-corrected chi connectivity index (χ0v) is 13.1. The molecule has 0 fully saturated rings. The second kappa shape index (κ2) is 5.84. The molecule has 1 heterocycles. The van der Waals surface area contributed by atoms with Gasteiger partial charge in [-0.1, -0.05) is 35.9 Å². The molecule has 2 aromatic carbocycles. The normalized spacial score (nSPS) is 10.6. The third-order valence-corrected chi connectivity index (χ3v) is 4.28. The number of aromatic nitrogens is 1. The summed E-state index contributed by atoms with van der Waals surface area (Å²) in [4.78, 5) is 16.6. The van der Waals surface area contributed by atoms with Gasteiger partial charge in [-0.2, -0.15) is 0 Å². The van der Waals surface area contributed by atoms with Crippen molar-refractivity contribution in [3.63, 3.8) is 0 Å². The summed E-state index contributed by atoms with van der Waals surface area (Å²) in [7, 11) is 0. The zero-order valence-electron chi connectivity index (χ0n) is 10.8. The van der Waals surface area contributed by atoms with E-state index in [1.165, 1.54) is 0 Å². The van der Waals surface area contributed by atoms with Crippen LogP contribution in [0.1, 0.15) is 10.5 Å². The van der Waals surface area contributed by atoms with Gasteiger partial charge in [-0.25, -0.2) is 0 Å². The lowest BCUT2D eigenvalue weighted by molar-refractivity contribution is 0.102. The van der Waals surface area contributed by atoms with E-state index in [9.17, 15) is 4.79 Å². The van der Waals surface area contributed by atoms with E-state index in [-0.39, 0.29) is 5.91 Å². The van der Waals surface area contributed by atoms with Crippen LogP contribution in [-0.4, -0.2) is 10.9 Å². The second-order valence-electron chi connectivity index (χ2n) is 4.46. The second-order valence-corrected chi connectivity index (χ2v) is 5.73. The lowest BCUT2D eigenvalue weighted by Gasteiger charge is -2.08. The van der Waals surface area contributed by atoms with E-state index in [1.54, 1.807) is 24.4 Å². The molecule has 0 aliphatic heterocycles. The number of carbonyl (C=O) groups is 1. The standard InChI is InChI=1S/C16H10BrClN2O/c17-13-9-11(5-6-14(13)18)20-16(21)15-12-4-2-1-3-10(12)7-8-19-15/h1-9H,(H,20,21). The van der Waals surface area contributed by atoms with Crippen LogP contribution in [0.25, 0.3) is 10.8 Å². The van der Waals surface area contributed by atoms with Gasteiger partial charge in [0.15, 0.2) is 0 Å². The van der Waals surface area contributed by atoms with Gasteiger partial charge in [-0.3, -0.25) is 9.78 Å². The number of rotatable bonds is 2. The number of carbonyl (C=O) groups excluding carboxylic acids is 1. The molecule has 1 aromatic heterocycles. The summed E-state index contributed by atoms with van der Waals surface area (Å²) < 4.78 is 0.729. The first-order valence-electron chi connectivity index (χ1n) is 6.25. The lowest BCUT2D eigenvalue weighted by Crippen LogP contribution is -2.14. The van der Waals surface area contributed by atoms with Gasteiger partial charge in [0.2, 0.25) is 0 Å². The maximum Gasteiger partial charge on any atom is 0.274 e. The molecular formula is C16H10BrClN2O. The molecule has 3 aromatic rings. The molecule has 1 N–H and O–H groups in total. The minimum Gasteiger partial charge on any atom is -0.321 e. The molecule has 3 rings (SSSR count). The first-order chi connectivity index (χ1) is 10.1. The molecule has 0 radical (unpaired) electrons. The summed E-state index contributed by atoms with van der Waals surface area (Å²) in [6, 6.07) is 14.8. The van der Waals surface area contributed by atoms with Gasteiger partial charge in [0.1, 0.15) is 5.69 Å². The number of pyridine rings is 1. The number of amides is 1. The molecule has 0 atom stereocenters. The number of nitrogens with zero attached hydrogens (tertiary/aromatic N) is 1. The summed E-state index contributed by atoms with van der Waals surface area (Å²) in [6.45, 7) is 0. The van der Waals surface area contributed by atoms with E-state index in [0.717, 1.165) is 15.2 Å². The van der Waals surface area contributed by atoms with Crippen molar-refractivity contribution in [2.75, 3.05) is 5.32 Å². The van der Waals surface area contributed by atoms with E-state index in [0.29, 0.717) is 16.4 Å². The van der Waals surface area contributed by atoms with Crippen molar-refractivity contribution in [2.24, 2.45) is 0 Å². The molecule has 21 heavy (non-hydrogen) atoms. The molecule has 104 valence electrons. The Morgan fingerprint density at radius 1 is 1.14 bits per heavy atom. The number of hydrogen-bond donors (Lipinski definition) is 1. The minimum absolute atomic E-state index is 0.249. The van der Waals surface area contributed by atoms with Crippen molar-refractivity contribution in [1.29, 1.82) is 0 Å². The van der Waals surface area contributed by atoms with Crippen LogP contribution in [0, 0.1) is 0 Å². The van der Waals surface area contributed by atoms with Crippen LogP contribution in [0.4, 0.5) is 5.69 Å². The molecular weight excluding hydrogens is 352 g/mol. The molecule has 0 saturated heterocycles. The van der Waals surface area contributed by atoms with E-state index < -0.39 is 0 Å². The van der Waals surface area contributed by atoms with Crippen LogP contribution >= 0.6 is 27.5 Å². The Hall–Kier alpha value is -1.91. The first-order valence-corrected chi connectivity index (χ1v) is 7.42. The topological polar surface area (TPSA) is 42.0 Å². The van der Waals surface area contributed by atoms with Gasteiger partial charge in [0, 0.05) is 21.7 Å². The van der Waals surface area contributed by atoms with Gasteiger partial charge in [-0.05, 0) is 45.6 Å². The summed E-state index contributed by atoms with van der Waals surface area (Å²) in [5.41, 5.74) is 1.06. The van der Waals surface area contributed by atoms with Crippen molar-refractivity contribution < 1.29 is 4.79 Å². The highest BCUT2D eigenvalue weighted by Gasteiger charge is 2.12. The summed E-state index contributed by atoms with van der Waals surface area (Å²) in [6.07, 6.45) is 1.63. The van der Waals surface area contributed by atoms with E-state index in [4.69, 9.17) is 11.6 Å². The molecule has 1 amide bonds.